The number of carbonyl (C=O) groups is 2. The van der Waals surface area contributed by atoms with Gasteiger partial charge in [0.25, 0.3) is 0 Å². The topological polar surface area (TPSA) is 66.6 Å². The molecule has 2 saturated heterocycles. The largest absolute Gasteiger partial charge is 0.342 e. The predicted octanol–water partition coefficient (Wildman–Crippen LogP) is 2.43. The van der Waals surface area contributed by atoms with Crippen LogP contribution in [0.5, 0.6) is 0 Å². The van der Waals surface area contributed by atoms with E-state index in [1.807, 2.05) is 4.90 Å². The van der Waals surface area contributed by atoms with Crippen LogP contribution in [0.15, 0.2) is 18.2 Å². The van der Waals surface area contributed by atoms with Crippen LogP contribution in [0.3, 0.4) is 0 Å². The number of rotatable bonds is 3. The molecule has 0 bridgehead atoms. The zero-order chi connectivity index (χ0) is 19.9. The molecule has 1 aromatic rings. The van der Waals surface area contributed by atoms with Crippen molar-refractivity contribution < 1.29 is 18.4 Å². The van der Waals surface area contributed by atoms with E-state index in [2.05, 4.69) is 0 Å². The third kappa shape index (κ3) is 3.77. The van der Waals surface area contributed by atoms with Gasteiger partial charge in [0.2, 0.25) is 11.8 Å². The first-order chi connectivity index (χ1) is 13.3. The summed E-state index contributed by atoms with van der Waals surface area (Å²) in [4.78, 5) is 28.9. The second-order valence-corrected chi connectivity index (χ2v) is 8.77. The maximum Gasteiger partial charge on any atom is 0.225 e. The van der Waals surface area contributed by atoms with Crippen LogP contribution >= 0.6 is 0 Å². The van der Waals surface area contributed by atoms with Gasteiger partial charge in [0.15, 0.2) is 11.6 Å². The van der Waals surface area contributed by atoms with Crippen LogP contribution in [0.4, 0.5) is 8.78 Å². The predicted molar refractivity (Wildman–Crippen MR) is 100.0 cm³/mol. The van der Waals surface area contributed by atoms with E-state index < -0.39 is 11.6 Å². The van der Waals surface area contributed by atoms with Crippen molar-refractivity contribution in [2.24, 2.45) is 17.1 Å². The number of nitrogens with two attached hydrogens (primary N) is 1. The van der Waals surface area contributed by atoms with E-state index in [0.717, 1.165) is 44.2 Å². The van der Waals surface area contributed by atoms with Crippen LogP contribution in [-0.4, -0.2) is 47.3 Å². The van der Waals surface area contributed by atoms with Crippen molar-refractivity contribution in [3.63, 3.8) is 0 Å². The average molecular weight is 391 g/mol. The van der Waals surface area contributed by atoms with E-state index in [1.54, 1.807) is 4.90 Å². The Bertz CT molecular complexity index is 777. The quantitative estimate of drug-likeness (QED) is 0.861. The van der Waals surface area contributed by atoms with Gasteiger partial charge in [0.1, 0.15) is 0 Å². The molecule has 2 amide bonds. The normalized spacial score (nSPS) is 27.0. The summed E-state index contributed by atoms with van der Waals surface area (Å²) in [5.74, 6) is -1.46. The van der Waals surface area contributed by atoms with Crippen LogP contribution in [0, 0.1) is 23.0 Å². The number of halogens is 2. The fourth-order valence-electron chi connectivity index (χ4n) is 5.02. The average Bonchev–Trinajstić information content (AvgIpc) is 3.22. The highest BCUT2D eigenvalue weighted by Gasteiger charge is 2.46. The second-order valence-electron chi connectivity index (χ2n) is 8.77. The number of carbonyl (C=O) groups excluding carboxylic acids is 2. The minimum Gasteiger partial charge on any atom is -0.342 e. The van der Waals surface area contributed by atoms with Crippen molar-refractivity contribution in [3.8, 4) is 0 Å². The Kier molecular flexibility index (Phi) is 5.12. The zero-order valence-electron chi connectivity index (χ0n) is 16.0. The number of hydrogen-bond donors (Lipinski definition) is 1. The van der Waals surface area contributed by atoms with Gasteiger partial charge in [-0.05, 0) is 49.8 Å². The van der Waals surface area contributed by atoms with Gasteiger partial charge in [-0.3, -0.25) is 9.59 Å². The molecule has 3 fully saturated rings. The fraction of sp³-hybridized carbons (Fsp3) is 0.619. The molecule has 0 aromatic heterocycles. The van der Waals surface area contributed by atoms with E-state index in [4.69, 9.17) is 5.73 Å². The molecule has 7 heteroatoms. The third-order valence-electron chi connectivity index (χ3n) is 6.72. The van der Waals surface area contributed by atoms with Crippen molar-refractivity contribution in [2.75, 3.05) is 19.6 Å². The van der Waals surface area contributed by atoms with Gasteiger partial charge in [-0.25, -0.2) is 8.78 Å². The summed E-state index contributed by atoms with van der Waals surface area (Å²) in [6.45, 7) is 2.26. The van der Waals surface area contributed by atoms with Crippen molar-refractivity contribution >= 4 is 11.8 Å². The second kappa shape index (κ2) is 7.43. The van der Waals surface area contributed by atoms with Crippen LogP contribution in [0.1, 0.15) is 44.1 Å². The molecule has 1 saturated carbocycles. The van der Waals surface area contributed by atoms with Crippen molar-refractivity contribution in [1.82, 2.24) is 9.80 Å². The molecular weight excluding hydrogens is 364 g/mol. The van der Waals surface area contributed by atoms with E-state index in [-0.39, 0.29) is 29.2 Å². The van der Waals surface area contributed by atoms with E-state index >= 15 is 0 Å². The van der Waals surface area contributed by atoms with Gasteiger partial charge in [-0.1, -0.05) is 6.07 Å². The lowest BCUT2D eigenvalue weighted by molar-refractivity contribution is -0.137. The molecule has 2 heterocycles. The Labute approximate surface area is 163 Å². The number of amides is 2. The summed E-state index contributed by atoms with van der Waals surface area (Å²) in [7, 11) is 0. The lowest BCUT2D eigenvalue weighted by Crippen LogP contribution is -2.46. The minimum atomic E-state index is -0.891. The standard InChI is InChI=1S/C21H27F2N3O2/c22-17-4-1-14(9-18(17)23)12-26-13-21(11-19(26)27)5-7-25(8-6-21)20(28)15-2-3-16(24)10-15/h1,4,9,15-16H,2-3,5-8,10-13,24H2/t15-,16+/m0/s1. The molecule has 0 unspecified atom stereocenters. The lowest BCUT2D eigenvalue weighted by atomic mass is 9.77. The Morgan fingerprint density at radius 2 is 1.93 bits per heavy atom. The molecule has 5 nitrogen and oxygen atoms in total. The lowest BCUT2D eigenvalue weighted by Gasteiger charge is -2.39. The highest BCUT2D eigenvalue weighted by Crippen LogP contribution is 2.42. The van der Waals surface area contributed by atoms with E-state index in [0.29, 0.717) is 38.2 Å². The molecule has 4 rings (SSSR count). The molecule has 2 N–H and O–H groups in total. The first-order valence-electron chi connectivity index (χ1n) is 10.1. The summed E-state index contributed by atoms with van der Waals surface area (Å²) >= 11 is 0. The molecule has 3 aliphatic rings. The molecule has 0 radical (unpaired) electrons. The third-order valence-corrected chi connectivity index (χ3v) is 6.72. The van der Waals surface area contributed by atoms with Gasteiger partial charge in [0, 0.05) is 50.0 Å². The molecule has 1 aliphatic carbocycles. The van der Waals surface area contributed by atoms with Gasteiger partial charge in [0.05, 0.1) is 0 Å². The monoisotopic (exact) mass is 391 g/mol. The Balaban J connectivity index is 1.35. The summed E-state index contributed by atoms with van der Waals surface area (Å²) < 4.78 is 26.6. The van der Waals surface area contributed by atoms with E-state index in [9.17, 15) is 18.4 Å². The van der Waals surface area contributed by atoms with Crippen LogP contribution in [-0.2, 0) is 16.1 Å². The Morgan fingerprint density at radius 3 is 2.57 bits per heavy atom. The number of nitrogens with zero attached hydrogens (tertiary/aromatic N) is 2. The zero-order valence-corrected chi connectivity index (χ0v) is 16.0. The summed E-state index contributed by atoms with van der Waals surface area (Å²) in [6.07, 6.45) is 4.65. The van der Waals surface area contributed by atoms with E-state index in [1.165, 1.54) is 6.07 Å². The Morgan fingerprint density at radius 1 is 1.18 bits per heavy atom. The molecule has 2 atom stereocenters. The van der Waals surface area contributed by atoms with Crippen molar-refractivity contribution in [2.45, 2.75) is 51.1 Å². The minimum absolute atomic E-state index is 0.0475. The van der Waals surface area contributed by atoms with Crippen LogP contribution < -0.4 is 5.73 Å². The molecule has 1 spiro atoms. The van der Waals surface area contributed by atoms with Gasteiger partial charge in [-0.15, -0.1) is 0 Å². The SMILES string of the molecule is N[C@@H]1CC[C@H](C(=O)N2CCC3(CC2)CC(=O)N(Cc2ccc(F)c(F)c2)C3)C1. The molecule has 28 heavy (non-hydrogen) atoms. The van der Waals surface area contributed by atoms with Crippen LogP contribution in [0.2, 0.25) is 0 Å². The molecule has 152 valence electrons. The summed E-state index contributed by atoms with van der Waals surface area (Å²) in [5, 5.41) is 0. The summed E-state index contributed by atoms with van der Waals surface area (Å²) in [5.41, 5.74) is 6.42. The number of hydrogen-bond acceptors (Lipinski definition) is 3. The first-order valence-corrected chi connectivity index (χ1v) is 10.1. The molecule has 2 aliphatic heterocycles. The maximum absolute atomic E-state index is 13.4. The van der Waals surface area contributed by atoms with Gasteiger partial charge < -0.3 is 15.5 Å². The van der Waals surface area contributed by atoms with Crippen LogP contribution in [0.25, 0.3) is 0 Å². The fourth-order valence-corrected chi connectivity index (χ4v) is 5.02. The first kappa shape index (κ1) is 19.3. The highest BCUT2D eigenvalue weighted by molar-refractivity contribution is 5.81. The number of benzene rings is 1. The highest BCUT2D eigenvalue weighted by atomic mass is 19.2. The maximum atomic E-state index is 13.4. The van der Waals surface area contributed by atoms with Gasteiger partial charge in [-0.2, -0.15) is 0 Å². The summed E-state index contributed by atoms with van der Waals surface area (Å²) in [6, 6.07) is 3.91. The molecular formula is C21H27F2N3O2. The van der Waals surface area contributed by atoms with Crippen molar-refractivity contribution in [3.05, 3.63) is 35.4 Å². The smallest absolute Gasteiger partial charge is 0.225 e. The number of likely N-dealkylation sites (tertiary alicyclic amines) is 2. The van der Waals surface area contributed by atoms with Gasteiger partial charge >= 0.3 is 0 Å². The number of piperidine rings is 1. The van der Waals surface area contributed by atoms with Crippen molar-refractivity contribution in [1.29, 1.82) is 0 Å². The molecule has 1 aromatic carbocycles. The Hall–Kier alpha value is -2.02.